The van der Waals surface area contributed by atoms with Gasteiger partial charge >= 0.3 is 5.97 Å². The Kier molecular flexibility index (Phi) is 4.13. The van der Waals surface area contributed by atoms with Gasteiger partial charge < -0.3 is 5.11 Å². The fourth-order valence-corrected chi connectivity index (χ4v) is 4.54. The fourth-order valence-electron chi connectivity index (χ4n) is 2.97. The van der Waals surface area contributed by atoms with Crippen molar-refractivity contribution < 1.29 is 18.3 Å². The predicted octanol–water partition coefficient (Wildman–Crippen LogP) is 2.15. The standard InChI is InChI=1S/C15H21NO4S/c1-10-7-11(2)13(12(3)8-10)21(19,20)16-9-15(14(17)18)5-4-6-15/h7-8,16H,4-6,9H2,1-3H3,(H,17,18). The van der Waals surface area contributed by atoms with E-state index in [-0.39, 0.29) is 11.4 Å². The lowest BCUT2D eigenvalue weighted by Crippen LogP contribution is -2.47. The molecular weight excluding hydrogens is 290 g/mol. The van der Waals surface area contributed by atoms with Crippen molar-refractivity contribution in [3.05, 3.63) is 28.8 Å². The fraction of sp³-hybridized carbons (Fsp3) is 0.533. The first-order valence-corrected chi connectivity index (χ1v) is 8.47. The minimum absolute atomic E-state index is 0.0442. The van der Waals surface area contributed by atoms with Gasteiger partial charge in [-0.3, -0.25) is 4.79 Å². The van der Waals surface area contributed by atoms with Crippen LogP contribution in [0.15, 0.2) is 17.0 Å². The van der Waals surface area contributed by atoms with E-state index in [9.17, 15) is 18.3 Å². The minimum atomic E-state index is -3.69. The average molecular weight is 311 g/mol. The SMILES string of the molecule is Cc1cc(C)c(S(=O)(=O)NCC2(C(=O)O)CCC2)c(C)c1. The Hall–Kier alpha value is -1.40. The van der Waals surface area contributed by atoms with Crippen LogP contribution in [0.5, 0.6) is 0 Å². The number of hydrogen-bond acceptors (Lipinski definition) is 3. The predicted molar refractivity (Wildman–Crippen MR) is 79.8 cm³/mol. The molecule has 0 amide bonds. The lowest BCUT2D eigenvalue weighted by atomic mass is 9.69. The van der Waals surface area contributed by atoms with Crippen molar-refractivity contribution in [1.82, 2.24) is 4.72 Å². The summed E-state index contributed by atoms with van der Waals surface area (Å²) in [5.74, 6) is -0.922. The summed E-state index contributed by atoms with van der Waals surface area (Å²) in [6, 6.07) is 3.63. The van der Waals surface area contributed by atoms with Gasteiger partial charge in [-0.05, 0) is 44.7 Å². The summed E-state index contributed by atoms with van der Waals surface area (Å²) in [5.41, 5.74) is 1.43. The van der Waals surface area contributed by atoms with Gasteiger partial charge in [0.2, 0.25) is 10.0 Å². The zero-order valence-corrected chi connectivity index (χ0v) is 13.4. The average Bonchev–Trinajstić information content (AvgIpc) is 2.24. The molecule has 5 nitrogen and oxygen atoms in total. The zero-order chi connectivity index (χ0) is 15.8. The summed E-state index contributed by atoms with van der Waals surface area (Å²) in [5, 5.41) is 9.26. The molecular formula is C15H21NO4S. The normalized spacial score (nSPS) is 17.3. The summed E-state index contributed by atoms with van der Waals surface area (Å²) in [6.07, 6.45) is 1.88. The number of carboxylic acids is 1. The molecule has 0 unspecified atom stereocenters. The molecule has 21 heavy (non-hydrogen) atoms. The molecule has 0 aromatic heterocycles. The highest BCUT2D eigenvalue weighted by Gasteiger charge is 2.45. The number of sulfonamides is 1. The van der Waals surface area contributed by atoms with Gasteiger partial charge in [-0.1, -0.05) is 24.1 Å². The van der Waals surface area contributed by atoms with Gasteiger partial charge in [0.1, 0.15) is 0 Å². The third-order valence-electron chi connectivity index (χ3n) is 4.24. The van der Waals surface area contributed by atoms with Gasteiger partial charge in [0.25, 0.3) is 0 Å². The molecule has 1 aromatic carbocycles. The van der Waals surface area contributed by atoms with Crippen LogP contribution in [0, 0.1) is 26.2 Å². The lowest BCUT2D eigenvalue weighted by Gasteiger charge is -2.37. The second kappa shape index (κ2) is 5.42. The Balaban J connectivity index is 2.26. The topological polar surface area (TPSA) is 83.5 Å². The molecule has 1 aliphatic carbocycles. The monoisotopic (exact) mass is 311 g/mol. The van der Waals surface area contributed by atoms with E-state index in [0.717, 1.165) is 12.0 Å². The minimum Gasteiger partial charge on any atom is -0.481 e. The molecule has 2 N–H and O–H groups in total. The van der Waals surface area contributed by atoms with Crippen LogP contribution in [-0.2, 0) is 14.8 Å². The highest BCUT2D eigenvalue weighted by Crippen LogP contribution is 2.40. The largest absolute Gasteiger partial charge is 0.481 e. The molecule has 0 bridgehead atoms. The lowest BCUT2D eigenvalue weighted by molar-refractivity contribution is -0.153. The van der Waals surface area contributed by atoms with Crippen LogP contribution in [0.3, 0.4) is 0 Å². The number of aliphatic carboxylic acids is 1. The molecule has 0 aliphatic heterocycles. The van der Waals surface area contributed by atoms with Gasteiger partial charge in [-0.2, -0.15) is 0 Å². The number of hydrogen-bond donors (Lipinski definition) is 2. The van der Waals surface area contributed by atoms with Crippen LogP contribution in [-0.4, -0.2) is 26.0 Å². The third-order valence-corrected chi connectivity index (χ3v) is 5.94. The smallest absolute Gasteiger partial charge is 0.310 e. The molecule has 1 saturated carbocycles. The molecule has 2 rings (SSSR count). The zero-order valence-electron chi connectivity index (χ0n) is 12.6. The number of carbonyl (C=O) groups is 1. The van der Waals surface area contributed by atoms with Gasteiger partial charge in [0, 0.05) is 6.54 Å². The van der Waals surface area contributed by atoms with E-state index >= 15 is 0 Å². The molecule has 0 saturated heterocycles. The number of rotatable bonds is 5. The Morgan fingerprint density at radius 3 is 2.14 bits per heavy atom. The third kappa shape index (κ3) is 2.96. The van der Waals surface area contributed by atoms with Crippen LogP contribution in [0.25, 0.3) is 0 Å². The van der Waals surface area contributed by atoms with Crippen molar-refractivity contribution in [1.29, 1.82) is 0 Å². The van der Waals surface area contributed by atoms with Crippen molar-refractivity contribution in [3.8, 4) is 0 Å². The molecule has 1 aromatic rings. The van der Waals surface area contributed by atoms with Gasteiger partial charge in [0.05, 0.1) is 10.3 Å². The first kappa shape index (κ1) is 16.0. The maximum Gasteiger partial charge on any atom is 0.310 e. The molecule has 116 valence electrons. The van der Waals surface area contributed by atoms with Gasteiger partial charge in [0.15, 0.2) is 0 Å². The summed E-state index contributed by atoms with van der Waals surface area (Å²) >= 11 is 0. The first-order valence-electron chi connectivity index (χ1n) is 6.99. The number of benzene rings is 1. The second-order valence-electron chi connectivity index (χ2n) is 5.99. The first-order chi connectivity index (χ1) is 9.68. The van der Waals surface area contributed by atoms with Crippen LogP contribution >= 0.6 is 0 Å². The van der Waals surface area contributed by atoms with E-state index in [2.05, 4.69) is 4.72 Å². The quantitative estimate of drug-likeness (QED) is 0.872. The maximum atomic E-state index is 12.5. The Morgan fingerprint density at radius 1 is 1.24 bits per heavy atom. The van der Waals surface area contributed by atoms with E-state index in [1.165, 1.54) is 0 Å². The van der Waals surface area contributed by atoms with Gasteiger partial charge in [-0.15, -0.1) is 0 Å². The van der Waals surface area contributed by atoms with Crippen molar-refractivity contribution in [2.45, 2.75) is 44.9 Å². The summed E-state index contributed by atoms with van der Waals surface area (Å²) in [4.78, 5) is 11.6. The van der Waals surface area contributed by atoms with E-state index in [1.54, 1.807) is 13.8 Å². The molecule has 0 radical (unpaired) electrons. The number of carboxylic acid groups (broad SMARTS) is 1. The Morgan fingerprint density at radius 2 is 1.76 bits per heavy atom. The second-order valence-corrected chi connectivity index (χ2v) is 7.70. The summed E-state index contributed by atoms with van der Waals surface area (Å²) in [7, 11) is -3.69. The summed E-state index contributed by atoms with van der Waals surface area (Å²) < 4.78 is 27.5. The molecule has 0 spiro atoms. The van der Waals surface area contributed by atoms with Crippen molar-refractivity contribution in [2.75, 3.05) is 6.54 Å². The van der Waals surface area contributed by atoms with Crippen LogP contribution in [0.4, 0.5) is 0 Å². The maximum absolute atomic E-state index is 12.5. The molecule has 1 fully saturated rings. The highest BCUT2D eigenvalue weighted by molar-refractivity contribution is 7.89. The van der Waals surface area contributed by atoms with Crippen molar-refractivity contribution >= 4 is 16.0 Å². The highest BCUT2D eigenvalue weighted by atomic mass is 32.2. The van der Waals surface area contributed by atoms with E-state index in [1.807, 2.05) is 19.1 Å². The van der Waals surface area contributed by atoms with Gasteiger partial charge in [-0.25, -0.2) is 13.1 Å². The molecule has 6 heteroatoms. The van der Waals surface area contributed by atoms with E-state index < -0.39 is 21.4 Å². The van der Waals surface area contributed by atoms with Crippen molar-refractivity contribution in [2.24, 2.45) is 5.41 Å². The molecule has 1 aliphatic rings. The van der Waals surface area contributed by atoms with Crippen LogP contribution in [0.2, 0.25) is 0 Å². The molecule has 0 heterocycles. The van der Waals surface area contributed by atoms with E-state index in [0.29, 0.717) is 24.0 Å². The van der Waals surface area contributed by atoms with Crippen LogP contribution in [0.1, 0.15) is 36.0 Å². The van der Waals surface area contributed by atoms with Crippen LogP contribution < -0.4 is 4.72 Å². The Bertz CT molecular complexity index is 652. The molecule has 0 atom stereocenters. The van der Waals surface area contributed by atoms with Crippen molar-refractivity contribution in [3.63, 3.8) is 0 Å². The Labute approximate surface area is 125 Å². The summed E-state index contributed by atoms with van der Waals surface area (Å²) in [6.45, 7) is 5.38. The number of nitrogens with one attached hydrogen (secondary N) is 1. The number of aryl methyl sites for hydroxylation is 3. The van der Waals surface area contributed by atoms with E-state index in [4.69, 9.17) is 0 Å².